The summed E-state index contributed by atoms with van der Waals surface area (Å²) in [6, 6.07) is 0.711. The van der Waals surface area contributed by atoms with Crippen LogP contribution in [0.2, 0.25) is 0 Å². The number of aryl methyl sites for hydroxylation is 1. The minimum absolute atomic E-state index is 0. The number of aromatic nitrogens is 2. The Balaban J connectivity index is -0.00000141. The molecule has 0 unspecified atom stereocenters. The van der Waals surface area contributed by atoms with E-state index < -0.39 is 10.1 Å². The van der Waals surface area contributed by atoms with Crippen LogP contribution in [0.1, 0.15) is 548 Å². The summed E-state index contributed by atoms with van der Waals surface area (Å²) in [5.74, 6) is 0. The minimum atomic E-state index is -3.36. The summed E-state index contributed by atoms with van der Waals surface area (Å²) < 4.78 is 33.4. The molecule has 0 aliphatic carbocycles. The maximum atomic E-state index is 11.7. The van der Waals surface area contributed by atoms with Gasteiger partial charge in [-0.05, 0) is 51.4 Å². The Morgan fingerprint density at radius 3 is 0.630 bits per heavy atom. The summed E-state index contributed by atoms with van der Waals surface area (Å²) in [5.41, 5.74) is 0. The van der Waals surface area contributed by atoms with Gasteiger partial charge in [0.1, 0.15) is 18.4 Å². The fourth-order valence-corrected chi connectivity index (χ4v) is 15.8. The van der Waals surface area contributed by atoms with Crippen LogP contribution in [-0.2, 0) is 21.3 Å². The number of unbranched alkanes of at least 4 members (excludes halogenated alkanes) is 66. The second-order valence-corrected chi connectivity index (χ2v) is 33.9. The highest BCUT2D eigenvalue weighted by Gasteiger charge is 2.17. The average Bonchev–Trinajstić information content (AvgIpc) is 1.75. The van der Waals surface area contributed by atoms with Crippen molar-refractivity contribution in [3.05, 3.63) is 18.7 Å². The Bertz CT molecular complexity index is 1620. The summed E-state index contributed by atoms with van der Waals surface area (Å²) in [4.78, 5) is 0. The third-order valence-electron chi connectivity index (χ3n) is 21.8. The van der Waals surface area contributed by atoms with Crippen LogP contribution in [0.15, 0.2) is 18.7 Å². The van der Waals surface area contributed by atoms with Gasteiger partial charge >= 0.3 is 0 Å². The van der Waals surface area contributed by atoms with E-state index in [1.807, 2.05) is 0 Å². The highest BCUT2D eigenvalue weighted by atomic mass is 35.5. The van der Waals surface area contributed by atoms with Crippen molar-refractivity contribution in [2.24, 2.45) is 7.05 Å². The first-order chi connectivity index (χ1) is 48.6. The Hall–Kier alpha value is -0.630. The minimum Gasteiger partial charge on any atom is -1.00 e. The first kappa shape index (κ1) is 104. The van der Waals surface area contributed by atoms with Crippen molar-refractivity contribution in [3.8, 4) is 0 Å². The number of rotatable bonds is 81. The molecule has 8 heteroatoms. The Labute approximate surface area is 638 Å². The Morgan fingerprint density at radius 1 is 0.290 bits per heavy atom. The van der Waals surface area contributed by atoms with Crippen molar-refractivity contribution in [1.29, 1.82) is 0 Å². The van der Waals surface area contributed by atoms with Crippen LogP contribution < -0.4 is 17.0 Å². The largest absolute Gasteiger partial charge is 1.00 e. The van der Waals surface area contributed by atoms with Crippen LogP contribution in [0.3, 0.4) is 0 Å². The topological polar surface area (TPSA) is 72.4 Å². The van der Waals surface area contributed by atoms with Gasteiger partial charge in [0.25, 0.3) is 10.1 Å². The van der Waals surface area contributed by atoms with Crippen LogP contribution in [-0.4, -0.2) is 36.6 Å². The number of hydrogen-bond donors (Lipinski definition) is 1. The molecule has 0 atom stereocenters. The molecule has 100 heavy (non-hydrogen) atoms. The van der Waals surface area contributed by atoms with Crippen molar-refractivity contribution >= 4 is 10.1 Å². The molecule has 0 aromatic carbocycles. The predicted octanol–water partition coefficient (Wildman–Crippen LogP) is 29.1. The molecule has 602 valence electrons. The van der Waals surface area contributed by atoms with E-state index in [1.165, 1.54) is 469 Å². The number of halogens is 1. The van der Waals surface area contributed by atoms with E-state index in [1.54, 1.807) is 0 Å². The van der Waals surface area contributed by atoms with Crippen LogP contribution in [0.5, 0.6) is 0 Å². The van der Waals surface area contributed by atoms with Crippen LogP contribution in [0, 0.1) is 0 Å². The lowest BCUT2D eigenvalue weighted by atomic mass is 9.99. The van der Waals surface area contributed by atoms with Crippen molar-refractivity contribution < 1.29 is 34.7 Å². The molecule has 1 aromatic rings. The van der Waals surface area contributed by atoms with Crippen molar-refractivity contribution in [2.75, 3.05) is 6.26 Å². The molecule has 6 nitrogen and oxygen atoms in total. The molecule has 0 aliphatic heterocycles. The Morgan fingerprint density at radius 2 is 0.460 bits per heavy atom. The van der Waals surface area contributed by atoms with Crippen molar-refractivity contribution in [2.45, 2.75) is 561 Å². The van der Waals surface area contributed by atoms with Crippen LogP contribution >= 0.6 is 0 Å². The molecule has 1 heterocycles. The fraction of sp³-hybridized carbons (Fsp3) is 0.967. The lowest BCUT2D eigenvalue weighted by Crippen LogP contribution is -3.00. The number of imidazole rings is 1. The van der Waals surface area contributed by atoms with E-state index in [0.717, 1.165) is 38.5 Å². The quantitative estimate of drug-likeness (QED) is 0.0401. The molecule has 1 rings (SSSR count). The summed E-state index contributed by atoms with van der Waals surface area (Å²) in [6.45, 7) is 13.7. The smallest absolute Gasteiger partial charge is 0.264 e. The standard InChI is InChI=1S/C33H65N2.C30H62O3S.C29H60O.ClH/c1-4-6-8-10-12-14-16-18-20-22-24-26-28-33(35-31-30-34(3)32-35)29-27-25-23-21-19-17-15-13-11-9-7-5-2;1-4-6-8-10-12-14-16-18-20-22-24-26-28-30(33-34(3,31)32)29-27-25-23-21-19-17-15-13-11-9-7-5-2;1-3-5-7-9-11-13-15-17-19-21-23-25-27-29(30)28-26-24-22-20-18-16-14-12-10-8-6-4-2;/h30-33H,4-29H2,1-3H3;30H,4-29H2,1-3H3;29-30H,3-28H2,1-2H3;1H/q+1;;;/p-1. The number of aliphatic hydroxyl groups excluding tert-OH is 1. The zero-order chi connectivity index (χ0) is 72.4. The molecule has 0 saturated carbocycles. The van der Waals surface area contributed by atoms with Gasteiger partial charge in [-0.25, -0.2) is 9.13 Å². The molecule has 0 fully saturated rings. The molecular weight excluding hydrogens is 1260 g/mol. The third-order valence-corrected chi connectivity index (χ3v) is 22.5. The third kappa shape index (κ3) is 88.0. The highest BCUT2D eigenvalue weighted by molar-refractivity contribution is 7.86. The highest BCUT2D eigenvalue weighted by Crippen LogP contribution is 2.26. The molecule has 0 saturated heterocycles. The normalized spacial score (nSPS) is 11.7. The molecule has 0 amide bonds. The Kier molecular flexibility index (Phi) is 92.1. The molecule has 0 aliphatic rings. The van der Waals surface area contributed by atoms with Gasteiger partial charge in [0.2, 0.25) is 6.33 Å². The number of hydrogen-bond acceptors (Lipinski definition) is 4. The van der Waals surface area contributed by atoms with Gasteiger partial charge < -0.3 is 17.5 Å². The molecule has 0 spiro atoms. The summed E-state index contributed by atoms with van der Waals surface area (Å²) >= 11 is 0. The predicted molar refractivity (Wildman–Crippen MR) is 445 cm³/mol. The van der Waals surface area contributed by atoms with E-state index in [9.17, 15) is 13.5 Å². The van der Waals surface area contributed by atoms with Gasteiger partial charge in [-0.15, -0.1) is 0 Å². The van der Waals surface area contributed by atoms with Gasteiger partial charge in [-0.1, -0.05) is 491 Å². The maximum Gasteiger partial charge on any atom is 0.264 e. The molecule has 1 aromatic heterocycles. The SMILES string of the molecule is CCCCCCCCCCCCCCC(CCCCCCCCCCCCCC)OS(C)(=O)=O.CCCCCCCCCCCCCCC(CCCCCCCCCCCCCC)n1cc[n+](C)c1.CCCCCCCCCCCCCCC(O)CCCCCCCCCCCCCC.[Cl-]. The second-order valence-electron chi connectivity index (χ2n) is 32.3. The van der Waals surface area contributed by atoms with E-state index in [0.29, 0.717) is 6.04 Å². The molecule has 1 N–H and O–H groups in total. The number of nitrogens with zero attached hydrogens (tertiary/aromatic N) is 2. The number of aliphatic hydroxyl groups is 1. The summed E-state index contributed by atoms with van der Waals surface area (Å²) in [7, 11) is -1.20. The fourth-order valence-electron chi connectivity index (χ4n) is 15.1. The van der Waals surface area contributed by atoms with Gasteiger partial charge in [0, 0.05) is 0 Å². The van der Waals surface area contributed by atoms with Crippen molar-refractivity contribution in [3.63, 3.8) is 0 Å². The van der Waals surface area contributed by atoms with E-state index in [4.69, 9.17) is 4.18 Å². The van der Waals surface area contributed by atoms with Gasteiger partial charge in [0.15, 0.2) is 0 Å². The lowest BCUT2D eigenvalue weighted by Gasteiger charge is -2.16. The monoisotopic (exact) mass is 1450 g/mol. The zero-order valence-corrected chi connectivity index (χ0v) is 71.5. The van der Waals surface area contributed by atoms with E-state index >= 15 is 0 Å². The first-order valence-electron chi connectivity index (χ1n) is 46.2. The van der Waals surface area contributed by atoms with E-state index in [-0.39, 0.29) is 24.6 Å². The van der Waals surface area contributed by atoms with Crippen molar-refractivity contribution in [1.82, 2.24) is 4.57 Å². The maximum absolute atomic E-state index is 11.7. The van der Waals surface area contributed by atoms with Crippen LogP contribution in [0.25, 0.3) is 0 Å². The molecular formula is C92H187ClN2O4S. The lowest BCUT2D eigenvalue weighted by molar-refractivity contribution is -0.671. The van der Waals surface area contributed by atoms with Gasteiger partial charge in [0.05, 0.1) is 25.5 Å². The van der Waals surface area contributed by atoms with Gasteiger partial charge in [-0.2, -0.15) is 8.42 Å². The van der Waals surface area contributed by atoms with Crippen LogP contribution in [0.4, 0.5) is 0 Å². The molecule has 0 bridgehead atoms. The first-order valence-corrected chi connectivity index (χ1v) is 48.0. The summed E-state index contributed by atoms with van der Waals surface area (Å²) in [6.07, 6.45) is 115. The average molecular weight is 1450 g/mol. The summed E-state index contributed by atoms with van der Waals surface area (Å²) in [5, 5.41) is 10.2. The zero-order valence-electron chi connectivity index (χ0n) is 70.0. The molecule has 0 radical (unpaired) electrons. The second kappa shape index (κ2) is 89.0. The van der Waals surface area contributed by atoms with E-state index in [2.05, 4.69) is 76.4 Å². The van der Waals surface area contributed by atoms with Gasteiger partial charge in [-0.3, -0.25) is 4.18 Å².